The van der Waals surface area contributed by atoms with Crippen LogP contribution in [0.2, 0.25) is 0 Å². The van der Waals surface area contributed by atoms with E-state index in [0.29, 0.717) is 0 Å². The van der Waals surface area contributed by atoms with Crippen LogP contribution in [0.1, 0.15) is 33.6 Å². The third-order valence-corrected chi connectivity index (χ3v) is 4.37. The van der Waals surface area contributed by atoms with Crippen molar-refractivity contribution in [3.8, 4) is 0 Å². The number of hydrogen-bond donors (Lipinski definition) is 0. The van der Waals surface area contributed by atoms with E-state index >= 15 is 0 Å². The minimum Gasteiger partial charge on any atom is -0.399 e. The van der Waals surface area contributed by atoms with Crippen molar-refractivity contribution in [1.82, 2.24) is 4.90 Å². The predicted molar refractivity (Wildman–Crippen MR) is 84.3 cm³/mol. The normalized spacial score (nSPS) is 25.4. The molecule has 1 aliphatic heterocycles. The Morgan fingerprint density at radius 2 is 1.70 bits per heavy atom. The Morgan fingerprint density at radius 3 is 2.30 bits per heavy atom. The summed E-state index contributed by atoms with van der Waals surface area (Å²) in [6, 6.07) is 10.2. The van der Waals surface area contributed by atoms with Gasteiger partial charge in [-0.2, -0.15) is 0 Å². The fraction of sp³-hybridized carbons (Fsp3) is 0.625. The van der Waals surface area contributed by atoms with Crippen LogP contribution in [0.5, 0.6) is 0 Å². The van der Waals surface area contributed by atoms with Crippen molar-refractivity contribution in [2.75, 3.05) is 20.6 Å². The van der Waals surface area contributed by atoms with Gasteiger partial charge in [0.25, 0.3) is 0 Å². The van der Waals surface area contributed by atoms with Gasteiger partial charge in [0.15, 0.2) is 0 Å². The summed E-state index contributed by atoms with van der Waals surface area (Å²) in [6.45, 7) is 7.51. The molecule has 0 N–H and O–H groups in total. The standard InChI is InChI=1S/C16H26BNO2/c1-15(2)16(3,12-9-13-18(4)5)20-17(19-15)14-10-7-6-8-11-14/h6-8,10-11H,9,12-13H2,1-5H3. The molecule has 1 unspecified atom stereocenters. The maximum atomic E-state index is 6.29. The van der Waals surface area contributed by atoms with Gasteiger partial charge in [-0.1, -0.05) is 30.3 Å². The Hall–Kier alpha value is -0.835. The molecule has 1 heterocycles. The van der Waals surface area contributed by atoms with E-state index in [-0.39, 0.29) is 18.3 Å². The van der Waals surface area contributed by atoms with Gasteiger partial charge in [0, 0.05) is 0 Å². The molecule has 1 aliphatic rings. The van der Waals surface area contributed by atoms with Gasteiger partial charge in [-0.25, -0.2) is 0 Å². The zero-order valence-corrected chi connectivity index (χ0v) is 13.3. The highest BCUT2D eigenvalue weighted by atomic mass is 16.7. The van der Waals surface area contributed by atoms with Gasteiger partial charge in [-0.3, -0.25) is 0 Å². The molecule has 1 saturated heterocycles. The van der Waals surface area contributed by atoms with Crippen molar-refractivity contribution in [2.24, 2.45) is 0 Å². The summed E-state index contributed by atoms with van der Waals surface area (Å²) in [5, 5.41) is 0. The number of hydrogen-bond acceptors (Lipinski definition) is 3. The fourth-order valence-electron chi connectivity index (χ4n) is 2.63. The first-order chi connectivity index (χ1) is 9.34. The van der Waals surface area contributed by atoms with Crippen molar-refractivity contribution >= 4 is 12.6 Å². The Balaban J connectivity index is 2.06. The Kier molecular flexibility index (Phi) is 4.57. The van der Waals surface area contributed by atoms with Crippen LogP contribution < -0.4 is 5.46 Å². The SMILES string of the molecule is CN(C)CCCC1(C)OB(c2ccccc2)OC1(C)C. The monoisotopic (exact) mass is 275 g/mol. The Labute approximate surface area is 123 Å². The van der Waals surface area contributed by atoms with Crippen LogP contribution in [-0.4, -0.2) is 43.9 Å². The molecule has 4 heteroatoms. The van der Waals surface area contributed by atoms with E-state index in [4.69, 9.17) is 9.31 Å². The average molecular weight is 275 g/mol. The second kappa shape index (κ2) is 5.88. The highest BCUT2D eigenvalue weighted by molar-refractivity contribution is 6.62. The lowest BCUT2D eigenvalue weighted by molar-refractivity contribution is -0.0177. The lowest BCUT2D eigenvalue weighted by Gasteiger charge is -2.36. The summed E-state index contributed by atoms with van der Waals surface area (Å²) >= 11 is 0. The molecule has 1 fully saturated rings. The summed E-state index contributed by atoms with van der Waals surface area (Å²) in [7, 11) is 3.95. The van der Waals surface area contributed by atoms with E-state index in [1.54, 1.807) is 0 Å². The van der Waals surface area contributed by atoms with E-state index in [1.165, 1.54) is 0 Å². The van der Waals surface area contributed by atoms with E-state index in [0.717, 1.165) is 24.8 Å². The summed E-state index contributed by atoms with van der Waals surface area (Å²) < 4.78 is 12.5. The van der Waals surface area contributed by atoms with E-state index < -0.39 is 0 Å². The van der Waals surface area contributed by atoms with E-state index in [2.05, 4.69) is 51.9 Å². The van der Waals surface area contributed by atoms with Crippen LogP contribution in [0.4, 0.5) is 0 Å². The van der Waals surface area contributed by atoms with Crippen LogP contribution in [0, 0.1) is 0 Å². The number of rotatable bonds is 5. The van der Waals surface area contributed by atoms with Crippen LogP contribution in [0.25, 0.3) is 0 Å². The number of benzene rings is 1. The molecular formula is C16H26BNO2. The molecule has 1 aromatic carbocycles. The lowest BCUT2D eigenvalue weighted by Crippen LogP contribution is -2.45. The largest absolute Gasteiger partial charge is 0.494 e. The maximum absolute atomic E-state index is 6.29. The van der Waals surface area contributed by atoms with Crippen LogP contribution >= 0.6 is 0 Å². The topological polar surface area (TPSA) is 21.7 Å². The van der Waals surface area contributed by atoms with Gasteiger partial charge in [-0.05, 0) is 59.7 Å². The van der Waals surface area contributed by atoms with Crippen LogP contribution in [0.15, 0.2) is 30.3 Å². The minimum atomic E-state index is -0.278. The first-order valence-corrected chi connectivity index (χ1v) is 7.39. The van der Waals surface area contributed by atoms with Crippen molar-refractivity contribution in [3.63, 3.8) is 0 Å². The molecule has 3 nitrogen and oxygen atoms in total. The molecule has 0 aliphatic carbocycles. The molecule has 0 radical (unpaired) electrons. The smallest absolute Gasteiger partial charge is 0.399 e. The zero-order chi connectivity index (χ0) is 14.8. The molecule has 1 aromatic rings. The average Bonchev–Trinajstić information content (AvgIpc) is 2.61. The molecule has 0 amide bonds. The van der Waals surface area contributed by atoms with E-state index in [1.807, 2.05) is 18.2 Å². The third-order valence-electron chi connectivity index (χ3n) is 4.37. The molecule has 0 aromatic heterocycles. The van der Waals surface area contributed by atoms with Crippen molar-refractivity contribution in [1.29, 1.82) is 0 Å². The predicted octanol–water partition coefficient (Wildman–Crippen LogP) is 2.31. The Morgan fingerprint density at radius 1 is 1.05 bits per heavy atom. The summed E-state index contributed by atoms with van der Waals surface area (Å²) in [5.74, 6) is 0. The summed E-state index contributed by atoms with van der Waals surface area (Å²) in [4.78, 5) is 2.21. The molecule has 20 heavy (non-hydrogen) atoms. The second-order valence-corrected chi connectivity index (χ2v) is 6.63. The quantitative estimate of drug-likeness (QED) is 0.770. The summed E-state index contributed by atoms with van der Waals surface area (Å²) in [6.07, 6.45) is 2.11. The van der Waals surface area contributed by atoms with E-state index in [9.17, 15) is 0 Å². The van der Waals surface area contributed by atoms with Crippen LogP contribution in [0.3, 0.4) is 0 Å². The number of nitrogens with zero attached hydrogens (tertiary/aromatic N) is 1. The van der Waals surface area contributed by atoms with Crippen molar-refractivity contribution in [2.45, 2.75) is 44.8 Å². The van der Waals surface area contributed by atoms with Gasteiger partial charge < -0.3 is 14.2 Å². The Bertz CT molecular complexity index is 435. The van der Waals surface area contributed by atoms with Gasteiger partial charge in [-0.15, -0.1) is 0 Å². The molecule has 110 valence electrons. The lowest BCUT2D eigenvalue weighted by atomic mass is 9.79. The van der Waals surface area contributed by atoms with Gasteiger partial charge in [0.2, 0.25) is 0 Å². The molecule has 1 atom stereocenters. The van der Waals surface area contributed by atoms with Crippen molar-refractivity contribution in [3.05, 3.63) is 30.3 Å². The van der Waals surface area contributed by atoms with Crippen LogP contribution in [-0.2, 0) is 9.31 Å². The highest BCUT2D eigenvalue weighted by Crippen LogP contribution is 2.40. The maximum Gasteiger partial charge on any atom is 0.494 e. The molecule has 0 saturated carbocycles. The molecule has 0 bridgehead atoms. The fourth-order valence-corrected chi connectivity index (χ4v) is 2.63. The van der Waals surface area contributed by atoms with Crippen molar-refractivity contribution < 1.29 is 9.31 Å². The first kappa shape index (κ1) is 15.6. The molecular weight excluding hydrogens is 249 g/mol. The molecule has 2 rings (SSSR count). The minimum absolute atomic E-state index is 0.247. The van der Waals surface area contributed by atoms with Gasteiger partial charge >= 0.3 is 7.12 Å². The second-order valence-electron chi connectivity index (χ2n) is 6.63. The molecule has 0 spiro atoms. The van der Waals surface area contributed by atoms with Gasteiger partial charge in [0.1, 0.15) is 0 Å². The summed E-state index contributed by atoms with van der Waals surface area (Å²) in [5.41, 5.74) is 0.570. The highest BCUT2D eigenvalue weighted by Gasteiger charge is 2.53. The first-order valence-electron chi connectivity index (χ1n) is 7.39. The third kappa shape index (κ3) is 3.25. The zero-order valence-electron chi connectivity index (χ0n) is 13.3. The van der Waals surface area contributed by atoms with Gasteiger partial charge in [0.05, 0.1) is 11.2 Å².